The summed E-state index contributed by atoms with van der Waals surface area (Å²) in [6.45, 7) is 0. The molecule has 3 aliphatic rings. The minimum Gasteiger partial charge on any atom is -0.432 e. The van der Waals surface area contributed by atoms with Crippen LogP contribution in [0.5, 0.6) is 0 Å². The highest BCUT2D eigenvalue weighted by molar-refractivity contribution is 8.02. The van der Waals surface area contributed by atoms with Crippen molar-refractivity contribution >= 4 is 35.0 Å². The fourth-order valence-electron chi connectivity index (χ4n) is 2.96. The summed E-state index contributed by atoms with van der Waals surface area (Å²) in [5, 5.41) is 1.99. The maximum atomic E-state index is 12.3. The molecule has 92 valence electrons. The second-order valence-electron chi connectivity index (χ2n) is 4.77. The zero-order chi connectivity index (χ0) is 12.1. The van der Waals surface area contributed by atoms with E-state index in [4.69, 9.17) is 4.74 Å². The molecule has 1 saturated carbocycles. The largest absolute Gasteiger partial charge is 0.432 e. The third kappa shape index (κ3) is 1.44. The van der Waals surface area contributed by atoms with E-state index in [1.54, 1.807) is 11.3 Å². The predicted molar refractivity (Wildman–Crippen MR) is 72.4 cm³/mol. The molecule has 1 fully saturated rings. The van der Waals surface area contributed by atoms with Crippen LogP contribution in [-0.2, 0) is 9.53 Å². The molecule has 5 heteroatoms. The number of hydrogen-bond donors (Lipinski definition) is 0. The average Bonchev–Trinajstić information content (AvgIpc) is 3.10. The first-order chi connectivity index (χ1) is 8.84. The molecule has 0 saturated heterocycles. The molecular formula is C13H11NO2S2. The van der Waals surface area contributed by atoms with Crippen LogP contribution in [0.1, 0.15) is 24.1 Å². The smallest absolute Gasteiger partial charge is 0.244 e. The summed E-state index contributed by atoms with van der Waals surface area (Å²) in [7, 11) is 0. The lowest BCUT2D eigenvalue weighted by Crippen LogP contribution is -2.15. The van der Waals surface area contributed by atoms with Crippen LogP contribution in [0.25, 0.3) is 0 Å². The van der Waals surface area contributed by atoms with Crippen molar-refractivity contribution in [1.82, 2.24) is 0 Å². The van der Waals surface area contributed by atoms with E-state index in [0.29, 0.717) is 17.6 Å². The number of fused-ring (bicyclic) bond motifs is 2. The molecule has 18 heavy (non-hydrogen) atoms. The fraction of sp³-hybridized carbons (Fsp3) is 0.385. The van der Waals surface area contributed by atoms with Gasteiger partial charge in [0.1, 0.15) is 0 Å². The van der Waals surface area contributed by atoms with E-state index < -0.39 is 0 Å². The summed E-state index contributed by atoms with van der Waals surface area (Å²) in [5.74, 6) is 1.91. The zero-order valence-corrected chi connectivity index (χ0v) is 11.2. The van der Waals surface area contributed by atoms with E-state index in [0.717, 1.165) is 29.0 Å². The van der Waals surface area contributed by atoms with Crippen LogP contribution in [0.3, 0.4) is 0 Å². The normalized spacial score (nSPS) is 30.0. The van der Waals surface area contributed by atoms with Crippen LogP contribution in [0.4, 0.5) is 0 Å². The molecule has 4 rings (SSSR count). The van der Waals surface area contributed by atoms with Crippen LogP contribution >= 0.6 is 23.3 Å². The highest BCUT2D eigenvalue weighted by Crippen LogP contribution is 2.51. The third-order valence-electron chi connectivity index (χ3n) is 3.79. The Bertz CT molecular complexity index is 574. The van der Waals surface area contributed by atoms with Crippen LogP contribution < -0.4 is 0 Å². The Morgan fingerprint density at radius 2 is 2.22 bits per heavy atom. The summed E-state index contributed by atoms with van der Waals surface area (Å²) in [6.07, 6.45) is 3.27. The maximum absolute atomic E-state index is 12.3. The van der Waals surface area contributed by atoms with E-state index in [1.807, 2.05) is 17.5 Å². The summed E-state index contributed by atoms with van der Waals surface area (Å²) < 4.78 is 10.2. The number of Topliss-reactive ketones (excluding diaryl/α,β-unsaturated/α-hetero) is 1. The zero-order valence-electron chi connectivity index (χ0n) is 9.59. The molecule has 2 heterocycles. The quantitative estimate of drug-likeness (QED) is 0.739. The topological polar surface area (TPSA) is 38.7 Å². The Morgan fingerprint density at radius 1 is 1.33 bits per heavy atom. The minimum atomic E-state index is 0.167. The summed E-state index contributed by atoms with van der Waals surface area (Å²) >= 11 is 3.03. The molecule has 2 atom stereocenters. The van der Waals surface area contributed by atoms with Crippen molar-refractivity contribution in [3.05, 3.63) is 33.1 Å². The van der Waals surface area contributed by atoms with Crippen molar-refractivity contribution in [2.45, 2.75) is 19.3 Å². The first-order valence-electron chi connectivity index (χ1n) is 6.10. The lowest BCUT2D eigenvalue weighted by Gasteiger charge is -2.15. The highest BCUT2D eigenvalue weighted by atomic mass is 32.2. The molecule has 0 amide bonds. The first-order valence-corrected chi connectivity index (χ1v) is 7.75. The van der Waals surface area contributed by atoms with Gasteiger partial charge in [-0.15, -0.1) is 11.3 Å². The van der Waals surface area contributed by atoms with Gasteiger partial charge in [0, 0.05) is 23.8 Å². The van der Waals surface area contributed by atoms with Gasteiger partial charge < -0.3 is 4.74 Å². The van der Waals surface area contributed by atoms with E-state index in [2.05, 4.69) is 4.40 Å². The molecule has 0 spiro atoms. The Kier molecular flexibility index (Phi) is 2.38. The molecule has 1 aromatic heterocycles. The van der Waals surface area contributed by atoms with Gasteiger partial charge in [-0.25, -0.2) is 0 Å². The van der Waals surface area contributed by atoms with E-state index in [1.165, 1.54) is 11.9 Å². The molecule has 2 unspecified atom stereocenters. The van der Waals surface area contributed by atoms with Crippen molar-refractivity contribution in [3.8, 4) is 0 Å². The van der Waals surface area contributed by atoms with Gasteiger partial charge in [-0.1, -0.05) is 12.5 Å². The highest BCUT2D eigenvalue weighted by Gasteiger charge is 2.47. The van der Waals surface area contributed by atoms with Gasteiger partial charge in [0.15, 0.2) is 5.76 Å². The van der Waals surface area contributed by atoms with Crippen molar-refractivity contribution in [3.63, 3.8) is 0 Å². The lowest BCUT2D eigenvalue weighted by molar-refractivity contribution is -0.120. The summed E-state index contributed by atoms with van der Waals surface area (Å²) in [6, 6.07) is 3.93. The molecule has 0 bridgehead atoms. The Hall–Kier alpha value is -1.07. The van der Waals surface area contributed by atoms with Gasteiger partial charge in [0.25, 0.3) is 0 Å². The summed E-state index contributed by atoms with van der Waals surface area (Å²) in [5.41, 5.74) is 0. The predicted octanol–water partition coefficient (Wildman–Crippen LogP) is 3.38. The molecule has 0 radical (unpaired) electrons. The number of allylic oxidation sites excluding steroid dienone is 2. The number of carbonyl (C=O) groups excluding carboxylic acids is 1. The summed E-state index contributed by atoms with van der Waals surface area (Å²) in [4.78, 5) is 14.3. The molecule has 1 aliphatic heterocycles. The third-order valence-corrected chi connectivity index (χ3v) is 5.59. The Balaban J connectivity index is 1.67. The molecule has 3 nitrogen and oxygen atoms in total. The van der Waals surface area contributed by atoms with Gasteiger partial charge in [-0.2, -0.15) is 4.40 Å². The number of rotatable bonds is 1. The van der Waals surface area contributed by atoms with Gasteiger partial charge in [0.2, 0.25) is 11.7 Å². The van der Waals surface area contributed by atoms with Crippen LogP contribution in [0.15, 0.2) is 32.6 Å². The van der Waals surface area contributed by atoms with Gasteiger partial charge in [0.05, 0.1) is 9.78 Å². The monoisotopic (exact) mass is 277 g/mol. The van der Waals surface area contributed by atoms with Crippen LogP contribution in [0, 0.1) is 11.8 Å². The van der Waals surface area contributed by atoms with Crippen molar-refractivity contribution < 1.29 is 9.53 Å². The second kappa shape index (κ2) is 3.96. The Morgan fingerprint density at radius 3 is 3.06 bits per heavy atom. The maximum Gasteiger partial charge on any atom is 0.244 e. The minimum absolute atomic E-state index is 0.167. The number of ether oxygens (including phenoxy) is 1. The molecule has 2 aliphatic carbocycles. The average molecular weight is 277 g/mol. The standard InChI is InChI=1S/C13H11NO2S2/c15-10-7-3-1-4-8(7)12-11(10)16-13(14-18-12)9-5-2-6-17-9/h2,5-8H,1,3-4H2. The van der Waals surface area contributed by atoms with Gasteiger partial charge in [-0.05, 0) is 24.3 Å². The van der Waals surface area contributed by atoms with Gasteiger partial charge in [-0.3, -0.25) is 4.79 Å². The molecular weight excluding hydrogens is 266 g/mol. The first kappa shape index (κ1) is 10.8. The number of carbonyl (C=O) groups is 1. The van der Waals surface area contributed by atoms with E-state index in [-0.39, 0.29) is 11.7 Å². The number of ketones is 1. The van der Waals surface area contributed by atoms with Crippen molar-refractivity contribution in [1.29, 1.82) is 0 Å². The Labute approximate surface area is 113 Å². The van der Waals surface area contributed by atoms with Gasteiger partial charge >= 0.3 is 0 Å². The molecule has 0 aromatic carbocycles. The second-order valence-corrected chi connectivity index (χ2v) is 6.52. The number of hydrogen-bond acceptors (Lipinski definition) is 5. The fourth-order valence-corrected chi connectivity index (χ4v) is 4.62. The molecule has 1 aromatic rings. The molecule has 0 N–H and O–H groups in total. The van der Waals surface area contributed by atoms with Crippen LogP contribution in [0.2, 0.25) is 0 Å². The van der Waals surface area contributed by atoms with Crippen molar-refractivity contribution in [2.75, 3.05) is 0 Å². The number of nitrogens with zero attached hydrogens (tertiary/aromatic N) is 1. The van der Waals surface area contributed by atoms with Crippen molar-refractivity contribution in [2.24, 2.45) is 16.2 Å². The van der Waals surface area contributed by atoms with Crippen LogP contribution in [-0.4, -0.2) is 11.7 Å². The SMILES string of the molecule is O=C1C2=C(SN=C(c3cccs3)O2)C2CCCC12. The van der Waals surface area contributed by atoms with E-state index >= 15 is 0 Å². The lowest BCUT2D eigenvalue weighted by atomic mass is 9.99. The number of thiophene rings is 1. The van der Waals surface area contributed by atoms with E-state index in [9.17, 15) is 4.79 Å².